The van der Waals surface area contributed by atoms with E-state index in [1.165, 1.54) is 122 Å². The molecule has 0 aromatic rings. The lowest BCUT2D eigenvalue weighted by Gasteiger charge is -2.18. The number of carbonyl (C=O) groups is 3. The molecular formula is C73H122O6. The van der Waals surface area contributed by atoms with Gasteiger partial charge < -0.3 is 14.2 Å². The fourth-order valence-electron chi connectivity index (χ4n) is 8.98. The van der Waals surface area contributed by atoms with Crippen LogP contribution in [0.1, 0.15) is 303 Å². The number of ether oxygens (including phenoxy) is 3. The zero-order chi connectivity index (χ0) is 57.1. The Balaban J connectivity index is 4.41. The summed E-state index contributed by atoms with van der Waals surface area (Å²) in [5.74, 6) is -0.931. The Morgan fingerprint density at radius 2 is 0.494 bits per heavy atom. The van der Waals surface area contributed by atoms with E-state index < -0.39 is 6.10 Å². The molecule has 0 N–H and O–H groups in total. The lowest BCUT2D eigenvalue weighted by molar-refractivity contribution is -0.167. The van der Waals surface area contributed by atoms with Crippen LogP contribution in [-0.2, 0) is 28.6 Å². The van der Waals surface area contributed by atoms with Gasteiger partial charge in [-0.15, -0.1) is 0 Å². The molecule has 0 aliphatic carbocycles. The largest absolute Gasteiger partial charge is 0.462 e. The van der Waals surface area contributed by atoms with Crippen LogP contribution in [0.3, 0.4) is 0 Å². The van der Waals surface area contributed by atoms with Crippen molar-refractivity contribution in [1.29, 1.82) is 0 Å². The van der Waals surface area contributed by atoms with Gasteiger partial charge in [0.1, 0.15) is 13.2 Å². The summed E-state index contributed by atoms with van der Waals surface area (Å²) in [5, 5.41) is 0. The molecule has 1 atom stereocenters. The lowest BCUT2D eigenvalue weighted by atomic mass is 10.1. The van der Waals surface area contributed by atoms with Crippen molar-refractivity contribution in [2.45, 2.75) is 309 Å². The fraction of sp³-hybridized carbons (Fsp3) is 0.685. The molecule has 0 heterocycles. The summed E-state index contributed by atoms with van der Waals surface area (Å²) >= 11 is 0. The minimum Gasteiger partial charge on any atom is -0.462 e. The van der Waals surface area contributed by atoms with Crippen molar-refractivity contribution in [2.24, 2.45) is 0 Å². The van der Waals surface area contributed by atoms with E-state index >= 15 is 0 Å². The average molecular weight is 1100 g/mol. The number of esters is 3. The highest BCUT2D eigenvalue weighted by Crippen LogP contribution is 2.15. The highest BCUT2D eigenvalue weighted by Gasteiger charge is 2.19. The molecule has 6 heteroatoms. The molecule has 0 fully saturated rings. The van der Waals surface area contributed by atoms with Crippen molar-refractivity contribution in [1.82, 2.24) is 0 Å². The molecule has 0 bridgehead atoms. The van der Waals surface area contributed by atoms with Crippen molar-refractivity contribution >= 4 is 17.9 Å². The first-order valence-corrected chi connectivity index (χ1v) is 33.0. The molecule has 0 spiro atoms. The summed E-state index contributed by atoms with van der Waals surface area (Å²) in [7, 11) is 0. The van der Waals surface area contributed by atoms with Gasteiger partial charge >= 0.3 is 17.9 Å². The first-order valence-electron chi connectivity index (χ1n) is 33.0. The highest BCUT2D eigenvalue weighted by molar-refractivity contribution is 5.71. The lowest BCUT2D eigenvalue weighted by Crippen LogP contribution is -2.30. The Kier molecular flexibility index (Phi) is 62.8. The van der Waals surface area contributed by atoms with Gasteiger partial charge in [0.05, 0.1) is 0 Å². The van der Waals surface area contributed by atoms with E-state index in [0.717, 1.165) is 141 Å². The smallest absolute Gasteiger partial charge is 0.306 e. The molecule has 0 amide bonds. The van der Waals surface area contributed by atoms with Gasteiger partial charge in [0.25, 0.3) is 0 Å². The number of allylic oxidation sites excluding steroid dienone is 20. The Labute approximate surface area is 488 Å². The second-order valence-electron chi connectivity index (χ2n) is 21.6. The molecule has 1 unspecified atom stereocenters. The summed E-state index contributed by atoms with van der Waals surface area (Å²) in [6.45, 7) is 6.50. The van der Waals surface area contributed by atoms with Crippen molar-refractivity contribution in [3.63, 3.8) is 0 Å². The summed E-state index contributed by atoms with van der Waals surface area (Å²) in [4.78, 5) is 38.3. The maximum atomic E-state index is 12.9. The molecule has 0 aliphatic rings. The minimum atomic E-state index is -0.801. The molecule has 0 aliphatic heterocycles. The second-order valence-corrected chi connectivity index (χ2v) is 21.6. The van der Waals surface area contributed by atoms with Gasteiger partial charge in [0.2, 0.25) is 0 Å². The van der Waals surface area contributed by atoms with Crippen LogP contribution in [0.15, 0.2) is 122 Å². The Hall–Kier alpha value is -4.19. The molecule has 0 saturated heterocycles. The van der Waals surface area contributed by atoms with E-state index in [1.807, 2.05) is 0 Å². The highest BCUT2D eigenvalue weighted by atomic mass is 16.6. The molecule has 0 aromatic carbocycles. The monoisotopic (exact) mass is 1090 g/mol. The number of rotatable bonds is 59. The third kappa shape index (κ3) is 64.5. The topological polar surface area (TPSA) is 78.9 Å². The van der Waals surface area contributed by atoms with Crippen molar-refractivity contribution in [2.75, 3.05) is 13.2 Å². The summed E-state index contributed by atoms with van der Waals surface area (Å²) in [6.07, 6.45) is 92.0. The SMILES string of the molecule is CC/C=C\C/C=C\C/C=C\C/C=C\C/C=C\C/C=C\C/C=C\C/C=C\CCCCCCC(=O)OCC(COC(=O)CCCCCCC/C=C\CCCCCCCCC)OC(=O)CCCCCCC/C=C\CCCCCCCCC. The number of hydrogen-bond acceptors (Lipinski definition) is 6. The molecule has 0 rings (SSSR count). The van der Waals surface area contributed by atoms with Crippen LogP contribution in [0.4, 0.5) is 0 Å². The van der Waals surface area contributed by atoms with Crippen molar-refractivity contribution in [3.05, 3.63) is 122 Å². The Bertz CT molecular complexity index is 1640. The number of carbonyl (C=O) groups excluding carboxylic acids is 3. The van der Waals surface area contributed by atoms with E-state index in [4.69, 9.17) is 14.2 Å². The minimum absolute atomic E-state index is 0.0949. The van der Waals surface area contributed by atoms with Crippen LogP contribution in [0, 0.1) is 0 Å². The zero-order valence-electron chi connectivity index (χ0n) is 51.6. The van der Waals surface area contributed by atoms with E-state index in [9.17, 15) is 14.4 Å². The maximum Gasteiger partial charge on any atom is 0.306 e. The number of hydrogen-bond donors (Lipinski definition) is 0. The van der Waals surface area contributed by atoms with E-state index in [-0.39, 0.29) is 31.1 Å². The van der Waals surface area contributed by atoms with Gasteiger partial charge in [-0.2, -0.15) is 0 Å². The van der Waals surface area contributed by atoms with E-state index in [2.05, 4.69) is 142 Å². The second kappa shape index (κ2) is 66.3. The van der Waals surface area contributed by atoms with Gasteiger partial charge in [-0.1, -0.05) is 271 Å². The molecule has 0 aromatic heterocycles. The van der Waals surface area contributed by atoms with Crippen LogP contribution in [0.25, 0.3) is 0 Å². The van der Waals surface area contributed by atoms with Crippen LogP contribution < -0.4 is 0 Å². The predicted octanol–water partition coefficient (Wildman–Crippen LogP) is 22.8. The van der Waals surface area contributed by atoms with E-state index in [1.54, 1.807) is 0 Å². The first-order chi connectivity index (χ1) is 39.0. The van der Waals surface area contributed by atoms with Gasteiger partial charge in [0, 0.05) is 19.3 Å². The van der Waals surface area contributed by atoms with Crippen LogP contribution in [-0.4, -0.2) is 37.2 Å². The normalized spacial score (nSPS) is 12.9. The van der Waals surface area contributed by atoms with Crippen LogP contribution >= 0.6 is 0 Å². The van der Waals surface area contributed by atoms with Gasteiger partial charge in [0.15, 0.2) is 6.10 Å². The molecule has 0 saturated carbocycles. The number of unbranched alkanes of at least 4 members (excludes halogenated alkanes) is 28. The van der Waals surface area contributed by atoms with Crippen LogP contribution in [0.5, 0.6) is 0 Å². The summed E-state index contributed by atoms with van der Waals surface area (Å²) < 4.78 is 16.9. The Morgan fingerprint density at radius 1 is 0.266 bits per heavy atom. The summed E-state index contributed by atoms with van der Waals surface area (Å²) in [6, 6.07) is 0. The average Bonchev–Trinajstić information content (AvgIpc) is 3.45. The molecule has 6 nitrogen and oxygen atoms in total. The quantitative estimate of drug-likeness (QED) is 0.0261. The standard InChI is InChI=1S/C73H122O6/c1-4-7-10-13-16-19-22-25-28-31-32-33-34-35-36-37-38-39-40-41-42-43-46-48-51-54-57-60-63-66-72(75)78-69-70(79-73(76)67-64-61-58-55-52-49-45-30-27-24-21-18-15-12-9-6-3)68-77-71(74)65-62-59-56-53-50-47-44-29-26-23-20-17-14-11-8-5-2/h7,10,16,19,25,28-30,32-33,35-36,38-39,41-42,44-46,48,70H,4-6,8-9,11-15,17-18,20-24,26-27,31,34,37,40,43,47,49-69H2,1-3H3/b10-7-,19-16-,28-25-,33-32-,36-35-,39-38-,42-41-,44-29-,45-30-,48-46-. The fourth-order valence-corrected chi connectivity index (χ4v) is 8.98. The molecule has 450 valence electrons. The summed E-state index contributed by atoms with van der Waals surface area (Å²) in [5.41, 5.74) is 0. The maximum absolute atomic E-state index is 12.9. The first kappa shape index (κ1) is 74.8. The predicted molar refractivity (Wildman–Crippen MR) is 343 cm³/mol. The van der Waals surface area contributed by atoms with Gasteiger partial charge in [-0.25, -0.2) is 0 Å². The Morgan fingerprint density at radius 3 is 0.785 bits per heavy atom. The third-order valence-electron chi connectivity index (χ3n) is 13.9. The third-order valence-corrected chi connectivity index (χ3v) is 13.9. The van der Waals surface area contributed by atoms with Crippen LogP contribution in [0.2, 0.25) is 0 Å². The van der Waals surface area contributed by atoms with Crippen molar-refractivity contribution in [3.8, 4) is 0 Å². The van der Waals surface area contributed by atoms with Gasteiger partial charge in [-0.05, 0) is 135 Å². The molecular weight excluding hydrogens is 973 g/mol. The van der Waals surface area contributed by atoms with E-state index in [0.29, 0.717) is 19.3 Å². The van der Waals surface area contributed by atoms with Crippen molar-refractivity contribution < 1.29 is 28.6 Å². The zero-order valence-corrected chi connectivity index (χ0v) is 51.6. The van der Waals surface area contributed by atoms with Gasteiger partial charge in [-0.3, -0.25) is 14.4 Å². The molecule has 79 heavy (non-hydrogen) atoms. The molecule has 0 radical (unpaired) electrons.